The Bertz CT molecular complexity index is 475. The van der Waals surface area contributed by atoms with Crippen LogP contribution in [0.4, 0.5) is 5.82 Å². The molecule has 18 heavy (non-hydrogen) atoms. The zero-order chi connectivity index (χ0) is 13.1. The van der Waals surface area contributed by atoms with Crippen LogP contribution in [0.25, 0.3) is 0 Å². The number of pyridine rings is 1. The Morgan fingerprint density at radius 3 is 3.06 bits per heavy atom. The number of hydrogen-bond donors (Lipinski definition) is 2. The summed E-state index contributed by atoms with van der Waals surface area (Å²) in [6, 6.07) is 3.38. The monoisotopic (exact) mass is 248 g/mol. The smallest absolute Gasteiger partial charge is 0.249 e. The average Bonchev–Trinajstić information content (AvgIpc) is 2.35. The highest BCUT2D eigenvalue weighted by molar-refractivity contribution is 6.04. The van der Waals surface area contributed by atoms with Gasteiger partial charge in [0.2, 0.25) is 11.8 Å². The van der Waals surface area contributed by atoms with Gasteiger partial charge in [0.25, 0.3) is 0 Å². The first kappa shape index (κ1) is 12.5. The first-order valence-electron chi connectivity index (χ1n) is 5.82. The molecule has 2 heterocycles. The minimum Gasteiger partial charge on any atom is -0.335 e. The molecule has 6 nitrogen and oxygen atoms in total. The lowest BCUT2D eigenvalue weighted by molar-refractivity contribution is -0.132. The summed E-state index contributed by atoms with van der Waals surface area (Å²) in [4.78, 5) is 29.1. The molecular weight excluding hydrogens is 232 g/mol. The van der Waals surface area contributed by atoms with Crippen LogP contribution in [-0.4, -0.2) is 36.4 Å². The predicted octanol–water partition coefficient (Wildman–Crippen LogP) is -0.348. The zero-order valence-electron chi connectivity index (χ0n) is 10.4. The van der Waals surface area contributed by atoms with Gasteiger partial charge in [-0.15, -0.1) is 0 Å². The second-order valence-electron chi connectivity index (χ2n) is 4.23. The molecule has 1 unspecified atom stereocenters. The summed E-state index contributed by atoms with van der Waals surface area (Å²) in [5, 5.41) is 5.37. The van der Waals surface area contributed by atoms with Crippen LogP contribution in [0.5, 0.6) is 0 Å². The Kier molecular flexibility index (Phi) is 3.57. The number of carbonyl (C=O) groups is 2. The molecule has 96 valence electrons. The molecule has 2 N–H and O–H groups in total. The molecule has 1 atom stereocenters. The highest BCUT2D eigenvalue weighted by atomic mass is 16.2. The second-order valence-corrected chi connectivity index (χ2v) is 4.23. The van der Waals surface area contributed by atoms with E-state index < -0.39 is 6.04 Å². The quantitative estimate of drug-likeness (QED) is 0.715. The van der Waals surface area contributed by atoms with Crippen LogP contribution in [0, 0.1) is 0 Å². The Morgan fingerprint density at radius 1 is 1.56 bits per heavy atom. The van der Waals surface area contributed by atoms with Gasteiger partial charge >= 0.3 is 0 Å². The summed E-state index contributed by atoms with van der Waals surface area (Å²) in [6.07, 6.45) is 1.66. The molecule has 1 saturated heterocycles. The van der Waals surface area contributed by atoms with E-state index in [1.165, 1.54) is 0 Å². The zero-order valence-corrected chi connectivity index (χ0v) is 10.4. The summed E-state index contributed by atoms with van der Waals surface area (Å²) in [6.45, 7) is 2.56. The molecule has 1 aromatic rings. The maximum atomic E-state index is 11.6. The average molecular weight is 248 g/mol. The third kappa shape index (κ3) is 2.33. The van der Waals surface area contributed by atoms with Gasteiger partial charge in [0.1, 0.15) is 11.9 Å². The van der Waals surface area contributed by atoms with Gasteiger partial charge in [-0.1, -0.05) is 6.07 Å². The molecule has 0 saturated carbocycles. The minimum absolute atomic E-state index is 0.153. The number of anilines is 1. The van der Waals surface area contributed by atoms with Gasteiger partial charge in [0.15, 0.2) is 0 Å². The normalized spacial score (nSPS) is 19.9. The van der Waals surface area contributed by atoms with Gasteiger partial charge in [-0.25, -0.2) is 4.98 Å². The molecule has 0 bridgehead atoms. The Balaban J connectivity index is 2.34. The van der Waals surface area contributed by atoms with Crippen LogP contribution in [0.15, 0.2) is 18.3 Å². The fraction of sp³-hybridized carbons (Fsp3) is 0.417. The fourth-order valence-corrected chi connectivity index (χ4v) is 1.99. The molecule has 0 aromatic carbocycles. The summed E-state index contributed by atoms with van der Waals surface area (Å²) >= 11 is 0. The van der Waals surface area contributed by atoms with E-state index in [-0.39, 0.29) is 18.4 Å². The number of hydrogen-bond acceptors (Lipinski definition) is 5. The molecule has 1 aliphatic heterocycles. The van der Waals surface area contributed by atoms with E-state index in [9.17, 15) is 9.59 Å². The second kappa shape index (κ2) is 5.14. The molecule has 1 aliphatic rings. The maximum absolute atomic E-state index is 11.6. The first-order valence-corrected chi connectivity index (χ1v) is 5.82. The van der Waals surface area contributed by atoms with Gasteiger partial charge in [0.05, 0.1) is 6.54 Å². The Hall–Kier alpha value is -1.95. The van der Waals surface area contributed by atoms with E-state index in [1.807, 2.05) is 19.2 Å². The molecule has 0 spiro atoms. The van der Waals surface area contributed by atoms with Crippen LogP contribution < -0.4 is 15.5 Å². The molecular formula is C12H16N4O2. The summed E-state index contributed by atoms with van der Waals surface area (Å²) in [7, 11) is 1.84. The SMILES string of the molecule is CNCc1cccnc1N1CC(=O)NC(=O)C1C. The lowest BCUT2D eigenvalue weighted by Gasteiger charge is -2.33. The number of imide groups is 1. The molecule has 2 amide bonds. The Labute approximate surface area is 105 Å². The van der Waals surface area contributed by atoms with Crippen LogP contribution in [0.2, 0.25) is 0 Å². The van der Waals surface area contributed by atoms with Crippen LogP contribution in [0.1, 0.15) is 12.5 Å². The van der Waals surface area contributed by atoms with Crippen molar-refractivity contribution in [2.45, 2.75) is 19.5 Å². The van der Waals surface area contributed by atoms with Crippen molar-refractivity contribution in [3.05, 3.63) is 23.9 Å². The van der Waals surface area contributed by atoms with E-state index in [4.69, 9.17) is 0 Å². The largest absolute Gasteiger partial charge is 0.335 e. The van der Waals surface area contributed by atoms with Crippen LogP contribution in [0.3, 0.4) is 0 Å². The van der Waals surface area contributed by atoms with Crippen molar-refractivity contribution in [1.82, 2.24) is 15.6 Å². The van der Waals surface area contributed by atoms with Gasteiger partial charge in [-0.3, -0.25) is 14.9 Å². The van der Waals surface area contributed by atoms with Gasteiger partial charge in [-0.2, -0.15) is 0 Å². The van der Waals surface area contributed by atoms with E-state index in [0.717, 1.165) is 5.56 Å². The standard InChI is InChI=1S/C12H16N4O2/c1-8-12(18)15-10(17)7-16(8)11-9(6-13-2)4-3-5-14-11/h3-5,8,13H,6-7H2,1-2H3,(H,15,17,18). The molecule has 0 radical (unpaired) electrons. The topological polar surface area (TPSA) is 74.3 Å². The third-order valence-corrected chi connectivity index (χ3v) is 2.93. The number of rotatable bonds is 3. The van der Waals surface area contributed by atoms with Gasteiger partial charge in [-0.05, 0) is 20.0 Å². The van der Waals surface area contributed by atoms with E-state index >= 15 is 0 Å². The van der Waals surface area contributed by atoms with Gasteiger partial charge in [0, 0.05) is 18.3 Å². The van der Waals surface area contributed by atoms with Crippen molar-refractivity contribution in [2.24, 2.45) is 0 Å². The number of nitrogens with one attached hydrogen (secondary N) is 2. The maximum Gasteiger partial charge on any atom is 0.249 e. The Morgan fingerprint density at radius 2 is 2.33 bits per heavy atom. The highest BCUT2D eigenvalue weighted by Crippen LogP contribution is 2.20. The van der Waals surface area contributed by atoms with Crippen molar-refractivity contribution in [1.29, 1.82) is 0 Å². The van der Waals surface area contributed by atoms with Crippen LogP contribution >= 0.6 is 0 Å². The highest BCUT2D eigenvalue weighted by Gasteiger charge is 2.31. The lowest BCUT2D eigenvalue weighted by Crippen LogP contribution is -2.57. The van der Waals surface area contributed by atoms with Crippen LogP contribution in [-0.2, 0) is 16.1 Å². The third-order valence-electron chi connectivity index (χ3n) is 2.93. The van der Waals surface area contributed by atoms with Crippen molar-refractivity contribution in [3.63, 3.8) is 0 Å². The molecule has 2 rings (SSSR count). The fourth-order valence-electron chi connectivity index (χ4n) is 1.99. The molecule has 6 heteroatoms. The van der Waals surface area contributed by atoms with E-state index in [2.05, 4.69) is 15.6 Å². The van der Waals surface area contributed by atoms with E-state index in [0.29, 0.717) is 12.4 Å². The molecule has 1 aromatic heterocycles. The lowest BCUT2D eigenvalue weighted by atomic mass is 10.1. The summed E-state index contributed by atoms with van der Waals surface area (Å²) in [5.74, 6) is 0.106. The number of amides is 2. The molecule has 1 fully saturated rings. The number of piperazine rings is 1. The molecule has 0 aliphatic carbocycles. The van der Waals surface area contributed by atoms with Crippen molar-refractivity contribution >= 4 is 17.6 Å². The van der Waals surface area contributed by atoms with Crippen molar-refractivity contribution < 1.29 is 9.59 Å². The summed E-state index contributed by atoms with van der Waals surface area (Å²) < 4.78 is 0. The number of aromatic nitrogens is 1. The predicted molar refractivity (Wildman–Crippen MR) is 67.0 cm³/mol. The minimum atomic E-state index is -0.395. The van der Waals surface area contributed by atoms with E-state index in [1.54, 1.807) is 18.0 Å². The first-order chi connectivity index (χ1) is 8.63. The summed E-state index contributed by atoms with van der Waals surface area (Å²) in [5.41, 5.74) is 0.967. The van der Waals surface area contributed by atoms with Crippen molar-refractivity contribution in [3.8, 4) is 0 Å². The van der Waals surface area contributed by atoms with Crippen molar-refractivity contribution in [2.75, 3.05) is 18.5 Å². The van der Waals surface area contributed by atoms with Gasteiger partial charge < -0.3 is 10.2 Å². The number of carbonyl (C=O) groups excluding carboxylic acids is 2. The number of nitrogens with zero attached hydrogens (tertiary/aromatic N) is 2.